The van der Waals surface area contributed by atoms with Gasteiger partial charge in [-0.05, 0) is 12.1 Å². The quantitative estimate of drug-likeness (QED) is 0.735. The number of fused-ring (bicyclic) bond motifs is 3. The van der Waals surface area contributed by atoms with Crippen LogP contribution in [0, 0.1) is 5.82 Å². The Morgan fingerprint density at radius 1 is 1.25 bits per heavy atom. The summed E-state index contributed by atoms with van der Waals surface area (Å²) in [6.07, 6.45) is 4.50. The Balaban J connectivity index is 1.93. The minimum absolute atomic E-state index is 0.254. The molecule has 0 bridgehead atoms. The standard InChI is InChI=1S/C15H13FN4/c16-12-4-2-1-3-10(12)14-8-20-9-18-13-5-6-17-7-11(13)15(20)19-14/h1-4,8-9,17H,5-7H2. The van der Waals surface area contributed by atoms with Crippen LogP contribution in [0.1, 0.15) is 11.3 Å². The van der Waals surface area contributed by atoms with Gasteiger partial charge in [0.1, 0.15) is 17.8 Å². The maximum absolute atomic E-state index is 13.9. The Hall–Kier alpha value is -2.27. The molecule has 0 aliphatic carbocycles. The number of rotatable bonds is 1. The van der Waals surface area contributed by atoms with Crippen molar-refractivity contribution < 1.29 is 4.39 Å². The molecule has 0 saturated heterocycles. The molecule has 1 N–H and O–H groups in total. The molecular formula is C15H13FN4. The minimum atomic E-state index is -0.254. The molecule has 1 aliphatic rings. The average molecular weight is 268 g/mol. The Labute approximate surface area is 115 Å². The Morgan fingerprint density at radius 3 is 3.05 bits per heavy atom. The van der Waals surface area contributed by atoms with E-state index in [-0.39, 0.29) is 5.82 Å². The highest BCUT2D eigenvalue weighted by Gasteiger charge is 2.17. The summed E-state index contributed by atoms with van der Waals surface area (Å²) in [4.78, 5) is 9.07. The lowest BCUT2D eigenvalue weighted by Gasteiger charge is -2.15. The molecule has 1 aromatic carbocycles. The summed E-state index contributed by atoms with van der Waals surface area (Å²) in [5, 5.41) is 3.33. The summed E-state index contributed by atoms with van der Waals surface area (Å²) in [6, 6.07) is 6.70. The van der Waals surface area contributed by atoms with E-state index in [2.05, 4.69) is 15.3 Å². The predicted molar refractivity (Wildman–Crippen MR) is 73.8 cm³/mol. The van der Waals surface area contributed by atoms with Crippen LogP contribution in [-0.4, -0.2) is 20.9 Å². The highest BCUT2D eigenvalue weighted by molar-refractivity contribution is 5.65. The van der Waals surface area contributed by atoms with Gasteiger partial charge in [-0.3, -0.25) is 4.40 Å². The van der Waals surface area contributed by atoms with E-state index in [1.54, 1.807) is 18.5 Å². The highest BCUT2D eigenvalue weighted by Crippen LogP contribution is 2.24. The van der Waals surface area contributed by atoms with Crippen LogP contribution >= 0.6 is 0 Å². The molecule has 3 heterocycles. The molecule has 5 heteroatoms. The molecule has 0 fully saturated rings. The van der Waals surface area contributed by atoms with E-state index in [1.807, 2.05) is 16.7 Å². The van der Waals surface area contributed by atoms with Crippen LogP contribution in [0.25, 0.3) is 16.9 Å². The fourth-order valence-electron chi connectivity index (χ4n) is 2.66. The van der Waals surface area contributed by atoms with E-state index in [1.165, 1.54) is 6.07 Å². The van der Waals surface area contributed by atoms with Gasteiger partial charge in [-0.1, -0.05) is 12.1 Å². The molecule has 0 saturated carbocycles. The lowest BCUT2D eigenvalue weighted by Crippen LogP contribution is -2.25. The van der Waals surface area contributed by atoms with Crippen molar-refractivity contribution in [2.24, 2.45) is 0 Å². The van der Waals surface area contributed by atoms with Crippen molar-refractivity contribution in [2.45, 2.75) is 13.0 Å². The van der Waals surface area contributed by atoms with E-state index < -0.39 is 0 Å². The van der Waals surface area contributed by atoms with Crippen molar-refractivity contribution in [2.75, 3.05) is 6.54 Å². The van der Waals surface area contributed by atoms with Crippen LogP contribution in [-0.2, 0) is 13.0 Å². The molecule has 3 aromatic rings. The smallest absolute Gasteiger partial charge is 0.145 e. The molecular weight excluding hydrogens is 255 g/mol. The van der Waals surface area contributed by atoms with Gasteiger partial charge in [0.15, 0.2) is 0 Å². The number of nitrogens with one attached hydrogen (secondary N) is 1. The van der Waals surface area contributed by atoms with Crippen molar-refractivity contribution in [3.63, 3.8) is 0 Å². The van der Waals surface area contributed by atoms with Gasteiger partial charge < -0.3 is 5.32 Å². The molecule has 0 amide bonds. The number of benzene rings is 1. The number of aromatic nitrogens is 3. The second-order valence-electron chi connectivity index (χ2n) is 4.93. The average Bonchev–Trinajstić information content (AvgIpc) is 2.92. The zero-order valence-electron chi connectivity index (χ0n) is 10.8. The van der Waals surface area contributed by atoms with E-state index in [9.17, 15) is 4.39 Å². The van der Waals surface area contributed by atoms with Gasteiger partial charge in [0.05, 0.1) is 11.4 Å². The third-order valence-electron chi connectivity index (χ3n) is 3.68. The Bertz CT molecular complexity index is 794. The molecule has 4 nitrogen and oxygen atoms in total. The summed E-state index contributed by atoms with van der Waals surface area (Å²) in [6.45, 7) is 1.71. The largest absolute Gasteiger partial charge is 0.312 e. The Kier molecular flexibility index (Phi) is 2.53. The maximum Gasteiger partial charge on any atom is 0.145 e. The van der Waals surface area contributed by atoms with E-state index in [4.69, 9.17) is 0 Å². The van der Waals surface area contributed by atoms with Gasteiger partial charge in [-0.2, -0.15) is 0 Å². The fraction of sp³-hybridized carbons (Fsp3) is 0.200. The second-order valence-corrected chi connectivity index (χ2v) is 4.93. The fourth-order valence-corrected chi connectivity index (χ4v) is 2.66. The van der Waals surface area contributed by atoms with Crippen LogP contribution in [0.4, 0.5) is 4.39 Å². The van der Waals surface area contributed by atoms with E-state index in [0.29, 0.717) is 11.3 Å². The van der Waals surface area contributed by atoms with Crippen LogP contribution in [0.5, 0.6) is 0 Å². The first kappa shape index (κ1) is 11.5. The Morgan fingerprint density at radius 2 is 2.15 bits per heavy atom. The third kappa shape index (κ3) is 1.71. The first-order chi connectivity index (χ1) is 9.83. The lowest BCUT2D eigenvalue weighted by molar-refractivity contribution is 0.628. The second kappa shape index (κ2) is 4.38. The summed E-state index contributed by atoms with van der Waals surface area (Å²) in [5.41, 5.74) is 4.22. The zero-order valence-corrected chi connectivity index (χ0v) is 10.8. The maximum atomic E-state index is 13.9. The molecule has 2 aromatic heterocycles. The molecule has 0 unspecified atom stereocenters. The SMILES string of the molecule is Fc1ccccc1-c1cn2cnc3c(c2n1)CNCC3. The summed E-state index contributed by atoms with van der Waals surface area (Å²) >= 11 is 0. The number of hydrogen-bond donors (Lipinski definition) is 1. The summed E-state index contributed by atoms with van der Waals surface area (Å²) in [7, 11) is 0. The van der Waals surface area contributed by atoms with Crippen molar-refractivity contribution >= 4 is 5.65 Å². The molecule has 20 heavy (non-hydrogen) atoms. The van der Waals surface area contributed by atoms with Crippen LogP contribution in [0.15, 0.2) is 36.8 Å². The first-order valence-electron chi connectivity index (χ1n) is 6.64. The number of hydrogen-bond acceptors (Lipinski definition) is 3. The number of imidazole rings is 1. The van der Waals surface area contributed by atoms with Gasteiger partial charge in [0, 0.05) is 36.8 Å². The number of halogens is 1. The molecule has 0 atom stereocenters. The van der Waals surface area contributed by atoms with Crippen LogP contribution in [0.3, 0.4) is 0 Å². The van der Waals surface area contributed by atoms with Crippen molar-refractivity contribution in [3.05, 3.63) is 53.9 Å². The molecule has 0 radical (unpaired) electrons. The predicted octanol–water partition coefficient (Wildman–Crippen LogP) is 2.18. The van der Waals surface area contributed by atoms with Gasteiger partial charge in [0.2, 0.25) is 0 Å². The molecule has 100 valence electrons. The van der Waals surface area contributed by atoms with Crippen LogP contribution < -0.4 is 5.32 Å². The van der Waals surface area contributed by atoms with Gasteiger partial charge in [-0.25, -0.2) is 14.4 Å². The zero-order chi connectivity index (χ0) is 13.5. The van der Waals surface area contributed by atoms with E-state index in [0.717, 1.165) is 36.4 Å². The monoisotopic (exact) mass is 268 g/mol. The first-order valence-corrected chi connectivity index (χ1v) is 6.64. The molecule has 0 spiro atoms. The van der Waals surface area contributed by atoms with Crippen molar-refractivity contribution in [1.29, 1.82) is 0 Å². The molecule has 1 aliphatic heterocycles. The molecule has 4 rings (SSSR count). The van der Waals surface area contributed by atoms with Gasteiger partial charge in [0.25, 0.3) is 0 Å². The minimum Gasteiger partial charge on any atom is -0.312 e. The van der Waals surface area contributed by atoms with Crippen molar-refractivity contribution in [1.82, 2.24) is 19.7 Å². The highest BCUT2D eigenvalue weighted by atomic mass is 19.1. The van der Waals surface area contributed by atoms with Gasteiger partial charge >= 0.3 is 0 Å². The van der Waals surface area contributed by atoms with Crippen molar-refractivity contribution in [3.8, 4) is 11.3 Å². The lowest BCUT2D eigenvalue weighted by atomic mass is 10.1. The summed E-state index contributed by atoms with van der Waals surface area (Å²) < 4.78 is 15.7. The number of nitrogens with zero attached hydrogens (tertiary/aromatic N) is 3. The van der Waals surface area contributed by atoms with E-state index >= 15 is 0 Å². The van der Waals surface area contributed by atoms with Crippen LogP contribution in [0.2, 0.25) is 0 Å². The van der Waals surface area contributed by atoms with Gasteiger partial charge in [-0.15, -0.1) is 0 Å². The third-order valence-corrected chi connectivity index (χ3v) is 3.68. The topological polar surface area (TPSA) is 42.2 Å². The normalized spacial score (nSPS) is 14.4. The summed E-state index contributed by atoms with van der Waals surface area (Å²) in [5.74, 6) is -0.254.